The summed E-state index contributed by atoms with van der Waals surface area (Å²) in [4.78, 5) is 18.3. The number of rotatable bonds is 4. The molecule has 1 aromatic carbocycles. The van der Waals surface area contributed by atoms with Crippen molar-refractivity contribution in [1.29, 1.82) is 0 Å². The van der Waals surface area contributed by atoms with Gasteiger partial charge in [0, 0.05) is 6.08 Å². The van der Waals surface area contributed by atoms with Gasteiger partial charge < -0.3 is 15.1 Å². The molecule has 2 aromatic heterocycles. The topological polar surface area (TPSA) is 84.9 Å². The molecule has 20 heavy (non-hydrogen) atoms. The second-order valence-corrected chi connectivity index (χ2v) is 5.05. The zero-order valence-corrected chi connectivity index (χ0v) is 11.2. The average molecular weight is 285 g/mol. The molecular weight excluding hydrogens is 274 g/mol. The molecule has 0 atom stereocenters. The van der Waals surface area contributed by atoms with Crippen LogP contribution in [0.15, 0.2) is 57.1 Å². The molecule has 3 rings (SSSR count). The van der Waals surface area contributed by atoms with Gasteiger partial charge in [0.25, 0.3) is 0 Å². The van der Waals surface area contributed by atoms with Crippen molar-refractivity contribution >= 4 is 34.8 Å². The van der Waals surface area contributed by atoms with Crippen LogP contribution in [0.4, 0.5) is 0 Å². The number of nitrogens with two attached hydrogens (primary N) is 1. The lowest BCUT2D eigenvalue weighted by atomic mass is 10.3. The predicted octanol–water partition coefficient (Wildman–Crippen LogP) is 2.81. The summed E-state index contributed by atoms with van der Waals surface area (Å²) in [7, 11) is 0. The Balaban J connectivity index is 1.79. The maximum absolute atomic E-state index is 10.6. The Hall–Kier alpha value is -2.47. The molecule has 0 saturated heterocycles. The van der Waals surface area contributed by atoms with E-state index in [-0.39, 0.29) is 0 Å². The molecular formula is C14H11N3O2S. The third-order valence-electron chi connectivity index (χ3n) is 2.58. The number of hydrogen-bond donors (Lipinski definition) is 2. The highest BCUT2D eigenvalue weighted by Gasteiger charge is 2.07. The number of carbonyl (C=O) groups is 1. The van der Waals surface area contributed by atoms with E-state index in [0.717, 1.165) is 16.2 Å². The lowest BCUT2D eigenvalue weighted by molar-refractivity contribution is -0.113. The molecule has 2 heterocycles. The molecule has 0 unspecified atom stereocenters. The van der Waals surface area contributed by atoms with Crippen LogP contribution < -0.4 is 5.73 Å². The first-order chi connectivity index (χ1) is 9.70. The maximum Gasteiger partial charge on any atom is 0.241 e. The van der Waals surface area contributed by atoms with E-state index in [4.69, 9.17) is 10.2 Å². The summed E-state index contributed by atoms with van der Waals surface area (Å²) < 4.78 is 5.54. The molecule has 0 spiro atoms. The number of amides is 1. The third kappa shape index (κ3) is 2.75. The van der Waals surface area contributed by atoms with Crippen molar-refractivity contribution < 1.29 is 9.21 Å². The number of H-pyrrole nitrogens is 1. The molecule has 0 fully saturated rings. The molecule has 0 saturated carbocycles. The minimum absolute atomic E-state index is 0.507. The zero-order chi connectivity index (χ0) is 13.9. The number of fused-ring (bicyclic) bond motifs is 1. The standard InChI is InChI=1S/C14H11N3O2S/c15-12(18)7-5-9-6-8-13(19-9)20-14-16-10-3-1-2-4-11(10)17-14/h1-8H,(H2,15,18)(H,16,17)/b7-5-. The van der Waals surface area contributed by atoms with Gasteiger partial charge in [-0.1, -0.05) is 12.1 Å². The summed E-state index contributed by atoms with van der Waals surface area (Å²) >= 11 is 1.39. The molecule has 3 aromatic rings. The number of aromatic amines is 1. The average Bonchev–Trinajstić information content (AvgIpc) is 3.02. The van der Waals surface area contributed by atoms with Crippen molar-refractivity contribution in [1.82, 2.24) is 9.97 Å². The summed E-state index contributed by atoms with van der Waals surface area (Å²) in [5.41, 5.74) is 6.92. The fraction of sp³-hybridized carbons (Fsp3) is 0. The fourth-order valence-electron chi connectivity index (χ4n) is 1.72. The van der Waals surface area contributed by atoms with Crippen LogP contribution in [0.5, 0.6) is 0 Å². The van der Waals surface area contributed by atoms with E-state index < -0.39 is 5.91 Å². The Morgan fingerprint density at radius 2 is 2.15 bits per heavy atom. The van der Waals surface area contributed by atoms with Crippen LogP contribution in [0.25, 0.3) is 17.1 Å². The van der Waals surface area contributed by atoms with E-state index in [1.807, 2.05) is 30.3 Å². The van der Waals surface area contributed by atoms with E-state index in [2.05, 4.69) is 9.97 Å². The zero-order valence-electron chi connectivity index (χ0n) is 10.4. The fourth-order valence-corrected chi connectivity index (χ4v) is 2.49. The number of imidazole rings is 1. The lowest BCUT2D eigenvalue weighted by Crippen LogP contribution is -2.04. The van der Waals surface area contributed by atoms with Crippen LogP contribution in [0, 0.1) is 0 Å². The quantitative estimate of drug-likeness (QED) is 0.722. The number of nitrogens with one attached hydrogen (secondary N) is 1. The van der Waals surface area contributed by atoms with Crippen LogP contribution in [-0.2, 0) is 4.79 Å². The van der Waals surface area contributed by atoms with Crippen LogP contribution in [0.1, 0.15) is 5.76 Å². The summed E-state index contributed by atoms with van der Waals surface area (Å²) in [6.07, 6.45) is 2.79. The SMILES string of the molecule is NC(=O)/C=C\c1ccc(Sc2nc3ccccc3[nH]2)o1. The van der Waals surface area contributed by atoms with Crippen molar-refractivity contribution in [2.24, 2.45) is 5.73 Å². The van der Waals surface area contributed by atoms with Gasteiger partial charge >= 0.3 is 0 Å². The third-order valence-corrected chi connectivity index (χ3v) is 3.39. The molecule has 0 aliphatic carbocycles. The van der Waals surface area contributed by atoms with E-state index in [1.54, 1.807) is 6.07 Å². The number of nitrogens with zero attached hydrogens (tertiary/aromatic N) is 1. The normalized spacial score (nSPS) is 11.4. The molecule has 3 N–H and O–H groups in total. The molecule has 0 aliphatic rings. The van der Waals surface area contributed by atoms with Crippen molar-refractivity contribution in [3.8, 4) is 0 Å². The van der Waals surface area contributed by atoms with Gasteiger partial charge in [0.15, 0.2) is 10.2 Å². The Kier molecular flexibility index (Phi) is 3.30. The van der Waals surface area contributed by atoms with Crippen LogP contribution in [0.2, 0.25) is 0 Å². The first-order valence-corrected chi connectivity index (χ1v) is 6.72. The number of furan rings is 1. The van der Waals surface area contributed by atoms with Gasteiger partial charge in [-0.3, -0.25) is 4.79 Å². The molecule has 6 heteroatoms. The Morgan fingerprint density at radius 1 is 1.30 bits per heavy atom. The second-order valence-electron chi connectivity index (χ2n) is 4.05. The minimum atomic E-state index is -0.507. The van der Waals surface area contributed by atoms with Crippen molar-refractivity contribution in [2.75, 3.05) is 0 Å². The minimum Gasteiger partial charge on any atom is -0.450 e. The van der Waals surface area contributed by atoms with Gasteiger partial charge in [0.05, 0.1) is 11.0 Å². The number of primary amides is 1. The Bertz CT molecular complexity index is 755. The molecule has 5 nitrogen and oxygen atoms in total. The van der Waals surface area contributed by atoms with Gasteiger partial charge in [-0.25, -0.2) is 4.98 Å². The van der Waals surface area contributed by atoms with E-state index in [1.165, 1.54) is 23.9 Å². The number of aromatic nitrogens is 2. The number of para-hydroxylation sites is 2. The predicted molar refractivity (Wildman–Crippen MR) is 77.2 cm³/mol. The summed E-state index contributed by atoms with van der Waals surface area (Å²) in [5.74, 6) is 0.0651. The first kappa shape index (κ1) is 12.6. The van der Waals surface area contributed by atoms with Gasteiger partial charge in [-0.2, -0.15) is 0 Å². The van der Waals surface area contributed by atoms with Gasteiger partial charge in [0.1, 0.15) is 5.76 Å². The number of benzene rings is 1. The van der Waals surface area contributed by atoms with E-state index in [0.29, 0.717) is 10.9 Å². The highest BCUT2D eigenvalue weighted by molar-refractivity contribution is 7.99. The molecule has 0 bridgehead atoms. The smallest absolute Gasteiger partial charge is 0.241 e. The molecule has 100 valence electrons. The maximum atomic E-state index is 10.6. The largest absolute Gasteiger partial charge is 0.450 e. The van der Waals surface area contributed by atoms with Crippen LogP contribution >= 0.6 is 11.8 Å². The van der Waals surface area contributed by atoms with Crippen molar-refractivity contribution in [2.45, 2.75) is 10.2 Å². The monoisotopic (exact) mass is 285 g/mol. The second kappa shape index (κ2) is 5.26. The summed E-state index contributed by atoms with van der Waals surface area (Å²) in [5, 5.41) is 1.44. The van der Waals surface area contributed by atoms with Crippen molar-refractivity contribution in [3.63, 3.8) is 0 Å². The number of carbonyl (C=O) groups excluding carboxylic acids is 1. The van der Waals surface area contributed by atoms with Crippen LogP contribution in [0.3, 0.4) is 0 Å². The molecule has 0 radical (unpaired) electrons. The first-order valence-electron chi connectivity index (χ1n) is 5.91. The van der Waals surface area contributed by atoms with E-state index in [9.17, 15) is 4.79 Å². The summed E-state index contributed by atoms with van der Waals surface area (Å²) in [6.45, 7) is 0. The highest BCUT2D eigenvalue weighted by Crippen LogP contribution is 2.29. The molecule has 1 amide bonds. The van der Waals surface area contributed by atoms with Crippen molar-refractivity contribution in [3.05, 3.63) is 48.2 Å². The number of hydrogen-bond acceptors (Lipinski definition) is 4. The van der Waals surface area contributed by atoms with Crippen LogP contribution in [-0.4, -0.2) is 15.9 Å². The van der Waals surface area contributed by atoms with Gasteiger partial charge in [-0.15, -0.1) is 0 Å². The lowest BCUT2D eigenvalue weighted by Gasteiger charge is -1.91. The molecule has 0 aliphatic heterocycles. The van der Waals surface area contributed by atoms with Gasteiger partial charge in [0.2, 0.25) is 5.91 Å². The highest BCUT2D eigenvalue weighted by atomic mass is 32.2. The summed E-state index contributed by atoms with van der Waals surface area (Å²) in [6, 6.07) is 11.4. The van der Waals surface area contributed by atoms with Gasteiger partial charge in [-0.05, 0) is 42.1 Å². The Labute approximate surface area is 118 Å². The Morgan fingerprint density at radius 3 is 2.95 bits per heavy atom. The van der Waals surface area contributed by atoms with E-state index >= 15 is 0 Å².